The third kappa shape index (κ3) is 2.67. The van der Waals surface area contributed by atoms with Gasteiger partial charge in [-0.15, -0.1) is 0 Å². The van der Waals surface area contributed by atoms with Crippen LogP contribution in [0.2, 0.25) is 0 Å². The van der Waals surface area contributed by atoms with Gasteiger partial charge in [0.25, 0.3) is 0 Å². The van der Waals surface area contributed by atoms with Crippen LogP contribution >= 0.6 is 12.2 Å². The van der Waals surface area contributed by atoms with Crippen LogP contribution in [0.4, 0.5) is 0 Å². The number of hydrogen-bond acceptors (Lipinski definition) is 3. The predicted octanol–water partition coefficient (Wildman–Crippen LogP) is 3.11. The standard InChI is InChI=1S/C15H14N4S/c20-15-18-17-14(10-9-12-6-4-5-11-16-12)19(15)13-7-2-1-3-8-13/h1-8,11H,9-10H2,(H,18,20). The third-order valence-electron chi connectivity index (χ3n) is 3.09. The summed E-state index contributed by atoms with van der Waals surface area (Å²) in [5.41, 5.74) is 2.09. The van der Waals surface area contributed by atoms with E-state index in [0.29, 0.717) is 4.77 Å². The Hall–Kier alpha value is -2.27. The Morgan fingerprint density at radius 3 is 2.55 bits per heavy atom. The highest BCUT2D eigenvalue weighted by atomic mass is 32.1. The zero-order chi connectivity index (χ0) is 13.8. The fourth-order valence-electron chi connectivity index (χ4n) is 2.13. The molecule has 0 unspecified atom stereocenters. The van der Waals surface area contributed by atoms with Gasteiger partial charge in [-0.05, 0) is 42.9 Å². The first-order valence-corrected chi connectivity index (χ1v) is 6.87. The van der Waals surface area contributed by atoms with Crippen molar-refractivity contribution in [2.24, 2.45) is 0 Å². The molecule has 0 bridgehead atoms. The first-order chi connectivity index (χ1) is 9.84. The lowest BCUT2D eigenvalue weighted by Crippen LogP contribution is -2.04. The number of pyridine rings is 1. The van der Waals surface area contributed by atoms with Crippen molar-refractivity contribution >= 4 is 12.2 Å². The van der Waals surface area contributed by atoms with E-state index in [1.54, 1.807) is 0 Å². The van der Waals surface area contributed by atoms with Crippen LogP contribution in [-0.4, -0.2) is 19.7 Å². The van der Waals surface area contributed by atoms with Crippen molar-refractivity contribution in [3.05, 3.63) is 71.0 Å². The zero-order valence-corrected chi connectivity index (χ0v) is 11.7. The fourth-order valence-corrected chi connectivity index (χ4v) is 2.38. The molecule has 2 aromatic heterocycles. The molecule has 0 fully saturated rings. The Kier molecular flexibility index (Phi) is 3.69. The van der Waals surface area contributed by atoms with Crippen LogP contribution in [0.25, 0.3) is 5.69 Å². The molecule has 4 nitrogen and oxygen atoms in total. The van der Waals surface area contributed by atoms with E-state index in [0.717, 1.165) is 30.0 Å². The molecule has 0 saturated heterocycles. The first kappa shape index (κ1) is 12.7. The molecule has 1 aromatic carbocycles. The van der Waals surface area contributed by atoms with Crippen LogP contribution in [0.5, 0.6) is 0 Å². The van der Waals surface area contributed by atoms with E-state index < -0.39 is 0 Å². The van der Waals surface area contributed by atoms with Gasteiger partial charge in [0.2, 0.25) is 0 Å². The highest BCUT2D eigenvalue weighted by Crippen LogP contribution is 2.12. The monoisotopic (exact) mass is 282 g/mol. The van der Waals surface area contributed by atoms with Gasteiger partial charge in [-0.2, -0.15) is 5.10 Å². The van der Waals surface area contributed by atoms with Gasteiger partial charge in [0.05, 0.1) is 0 Å². The predicted molar refractivity (Wildman–Crippen MR) is 80.4 cm³/mol. The summed E-state index contributed by atoms with van der Waals surface area (Å²) in [6, 6.07) is 16.0. The second kappa shape index (κ2) is 5.79. The van der Waals surface area contributed by atoms with Crippen LogP contribution in [0.3, 0.4) is 0 Å². The number of hydrogen-bond donors (Lipinski definition) is 1. The molecule has 100 valence electrons. The summed E-state index contributed by atoms with van der Waals surface area (Å²) in [5.74, 6) is 0.923. The van der Waals surface area contributed by atoms with Crippen LogP contribution in [-0.2, 0) is 12.8 Å². The molecule has 0 atom stereocenters. The summed E-state index contributed by atoms with van der Waals surface area (Å²) in [5, 5.41) is 7.19. The van der Waals surface area contributed by atoms with Gasteiger partial charge >= 0.3 is 0 Å². The largest absolute Gasteiger partial charge is 0.272 e. The molecule has 5 heteroatoms. The second-order valence-electron chi connectivity index (χ2n) is 4.44. The maximum absolute atomic E-state index is 5.32. The van der Waals surface area contributed by atoms with Crippen molar-refractivity contribution in [2.75, 3.05) is 0 Å². The lowest BCUT2D eigenvalue weighted by atomic mass is 10.2. The minimum atomic E-state index is 0.618. The maximum Gasteiger partial charge on any atom is 0.199 e. The molecule has 2 heterocycles. The molecule has 0 amide bonds. The highest BCUT2D eigenvalue weighted by molar-refractivity contribution is 7.71. The Balaban J connectivity index is 1.87. The maximum atomic E-state index is 5.32. The topological polar surface area (TPSA) is 46.5 Å². The molecule has 0 aliphatic heterocycles. The summed E-state index contributed by atoms with van der Waals surface area (Å²) < 4.78 is 2.59. The summed E-state index contributed by atoms with van der Waals surface area (Å²) in [7, 11) is 0. The van der Waals surface area contributed by atoms with Gasteiger partial charge in [0, 0.05) is 24.0 Å². The number of H-pyrrole nitrogens is 1. The Labute approximate surface area is 122 Å². The quantitative estimate of drug-likeness (QED) is 0.748. The number of rotatable bonds is 4. The summed E-state index contributed by atoms with van der Waals surface area (Å²) in [6.45, 7) is 0. The van der Waals surface area contributed by atoms with Crippen LogP contribution < -0.4 is 0 Å². The van der Waals surface area contributed by atoms with Gasteiger partial charge < -0.3 is 0 Å². The lowest BCUT2D eigenvalue weighted by Gasteiger charge is -2.06. The smallest absolute Gasteiger partial charge is 0.199 e. The van der Waals surface area contributed by atoms with E-state index >= 15 is 0 Å². The van der Waals surface area contributed by atoms with E-state index in [2.05, 4.69) is 15.2 Å². The van der Waals surface area contributed by atoms with Gasteiger partial charge in [0.1, 0.15) is 5.82 Å². The minimum absolute atomic E-state index is 0.618. The molecule has 20 heavy (non-hydrogen) atoms. The average molecular weight is 282 g/mol. The highest BCUT2D eigenvalue weighted by Gasteiger charge is 2.08. The number of aromatic nitrogens is 4. The van der Waals surface area contributed by atoms with Crippen molar-refractivity contribution in [3.8, 4) is 5.69 Å². The van der Waals surface area contributed by atoms with E-state index in [1.807, 2.05) is 59.3 Å². The summed E-state index contributed by atoms with van der Waals surface area (Å²) >= 11 is 5.32. The molecule has 3 aromatic rings. The van der Waals surface area contributed by atoms with Crippen molar-refractivity contribution < 1.29 is 0 Å². The first-order valence-electron chi connectivity index (χ1n) is 6.46. The number of aryl methyl sites for hydroxylation is 2. The third-order valence-corrected chi connectivity index (χ3v) is 3.36. The second-order valence-corrected chi connectivity index (χ2v) is 4.82. The number of para-hydroxylation sites is 1. The molecule has 3 rings (SSSR count). The Bertz CT molecular complexity index is 731. The molecular formula is C15H14N4S. The number of nitrogens with one attached hydrogen (secondary N) is 1. The zero-order valence-electron chi connectivity index (χ0n) is 10.9. The van der Waals surface area contributed by atoms with Gasteiger partial charge in [-0.3, -0.25) is 14.6 Å². The van der Waals surface area contributed by atoms with Gasteiger partial charge in [-0.25, -0.2) is 0 Å². The van der Waals surface area contributed by atoms with Crippen LogP contribution in [0.1, 0.15) is 11.5 Å². The van der Waals surface area contributed by atoms with E-state index in [9.17, 15) is 0 Å². The van der Waals surface area contributed by atoms with Gasteiger partial charge in [-0.1, -0.05) is 24.3 Å². The number of nitrogens with zero attached hydrogens (tertiary/aromatic N) is 3. The minimum Gasteiger partial charge on any atom is -0.272 e. The molecule has 0 spiro atoms. The van der Waals surface area contributed by atoms with Crippen molar-refractivity contribution in [1.82, 2.24) is 19.7 Å². The summed E-state index contributed by atoms with van der Waals surface area (Å²) in [4.78, 5) is 4.33. The Morgan fingerprint density at radius 2 is 1.80 bits per heavy atom. The number of benzene rings is 1. The molecule has 0 aliphatic rings. The van der Waals surface area contributed by atoms with Crippen molar-refractivity contribution in [1.29, 1.82) is 0 Å². The molecule has 0 saturated carbocycles. The number of aromatic amines is 1. The van der Waals surface area contributed by atoms with Crippen LogP contribution in [0, 0.1) is 4.77 Å². The lowest BCUT2D eigenvalue weighted by molar-refractivity contribution is 0.804. The molecule has 0 aliphatic carbocycles. The normalized spacial score (nSPS) is 10.6. The van der Waals surface area contributed by atoms with E-state index in [4.69, 9.17) is 12.2 Å². The molecular weight excluding hydrogens is 268 g/mol. The molecule has 0 radical (unpaired) electrons. The van der Waals surface area contributed by atoms with Crippen molar-refractivity contribution in [2.45, 2.75) is 12.8 Å². The fraction of sp³-hybridized carbons (Fsp3) is 0.133. The van der Waals surface area contributed by atoms with Crippen LogP contribution in [0.15, 0.2) is 54.7 Å². The average Bonchev–Trinajstić information content (AvgIpc) is 2.88. The van der Waals surface area contributed by atoms with Crippen molar-refractivity contribution in [3.63, 3.8) is 0 Å². The van der Waals surface area contributed by atoms with E-state index in [-0.39, 0.29) is 0 Å². The van der Waals surface area contributed by atoms with E-state index in [1.165, 1.54) is 0 Å². The molecule has 1 N–H and O–H groups in total. The van der Waals surface area contributed by atoms with Gasteiger partial charge in [0.15, 0.2) is 4.77 Å². The summed E-state index contributed by atoms with van der Waals surface area (Å²) in [6.07, 6.45) is 3.44. The SMILES string of the molecule is S=c1[nH]nc(CCc2ccccn2)n1-c1ccccc1. The Morgan fingerprint density at radius 1 is 1.00 bits per heavy atom.